The molecule has 0 spiro atoms. The summed E-state index contributed by atoms with van der Waals surface area (Å²) in [5, 5.41) is 18.5. The Hall–Kier alpha value is -2.70. The third-order valence-electron chi connectivity index (χ3n) is 2.23. The number of carboxylic acid groups (broad SMARTS) is 1. The van der Waals surface area contributed by atoms with Crippen LogP contribution in [0.5, 0.6) is 0 Å². The van der Waals surface area contributed by atoms with Crippen molar-refractivity contribution in [1.29, 1.82) is 5.41 Å². The van der Waals surface area contributed by atoms with Gasteiger partial charge in [0.25, 0.3) is 0 Å². The topological polar surface area (TPSA) is 112 Å². The van der Waals surface area contributed by atoms with Gasteiger partial charge in [-0.1, -0.05) is 18.2 Å². The fraction of sp³-hybridized carbons (Fsp3) is 0.167. The van der Waals surface area contributed by atoms with Crippen LogP contribution in [0.2, 0.25) is 0 Å². The van der Waals surface area contributed by atoms with Crippen molar-refractivity contribution < 1.29 is 19.4 Å². The van der Waals surface area contributed by atoms with Crippen LogP contribution in [0.4, 0.5) is 4.79 Å². The molecule has 1 aromatic rings. The van der Waals surface area contributed by atoms with Crippen molar-refractivity contribution in [2.45, 2.75) is 6.92 Å². The summed E-state index contributed by atoms with van der Waals surface area (Å²) >= 11 is 0. The number of rotatable bonds is 2. The van der Waals surface area contributed by atoms with Crippen LogP contribution >= 0.6 is 0 Å². The summed E-state index contributed by atoms with van der Waals surface area (Å²) in [6.45, 7) is 1.55. The van der Waals surface area contributed by atoms with E-state index in [2.05, 4.69) is 15.0 Å². The van der Waals surface area contributed by atoms with Gasteiger partial charge >= 0.3 is 12.1 Å². The third kappa shape index (κ3) is 3.91. The van der Waals surface area contributed by atoms with Crippen LogP contribution in [0.3, 0.4) is 0 Å². The molecule has 0 atom stereocenters. The first kappa shape index (κ1) is 14.4. The molecular formula is C12H13N3O4. The van der Waals surface area contributed by atoms with Crippen LogP contribution in [-0.4, -0.2) is 36.0 Å². The second kappa shape index (κ2) is 6.29. The minimum Gasteiger partial charge on any atom is -0.478 e. The Bertz CT molecular complexity index is 552. The van der Waals surface area contributed by atoms with Crippen LogP contribution in [0.15, 0.2) is 29.3 Å². The molecule has 7 nitrogen and oxygen atoms in total. The predicted molar refractivity (Wildman–Crippen MR) is 68.9 cm³/mol. The number of ether oxygens (including phenoxy) is 1. The molecule has 0 saturated carbocycles. The van der Waals surface area contributed by atoms with E-state index in [-0.39, 0.29) is 5.56 Å². The molecule has 0 aliphatic heterocycles. The summed E-state index contributed by atoms with van der Waals surface area (Å²) in [6, 6.07) is 6.28. The van der Waals surface area contributed by atoms with E-state index in [0.29, 0.717) is 11.3 Å². The Morgan fingerprint density at radius 3 is 2.42 bits per heavy atom. The minimum atomic E-state index is -1.09. The highest BCUT2D eigenvalue weighted by atomic mass is 16.5. The largest absolute Gasteiger partial charge is 0.478 e. The molecule has 7 heteroatoms. The van der Waals surface area contributed by atoms with Crippen LogP contribution < -0.4 is 5.32 Å². The van der Waals surface area contributed by atoms with Crippen molar-refractivity contribution in [2.75, 3.05) is 7.11 Å². The zero-order valence-electron chi connectivity index (χ0n) is 10.4. The zero-order valence-corrected chi connectivity index (χ0v) is 10.4. The number of aromatic carboxylic acids is 1. The van der Waals surface area contributed by atoms with Crippen LogP contribution in [-0.2, 0) is 4.74 Å². The number of carboxylic acids is 1. The van der Waals surface area contributed by atoms with E-state index in [1.54, 1.807) is 25.1 Å². The number of carbonyl (C=O) groups excluding carboxylic acids is 1. The number of hydrogen-bond acceptors (Lipinski definition) is 4. The van der Waals surface area contributed by atoms with Gasteiger partial charge < -0.3 is 9.84 Å². The average Bonchev–Trinajstić information content (AvgIpc) is 2.38. The number of amides is 1. The number of methoxy groups -OCH3 is 1. The maximum Gasteiger partial charge on any atom is 0.413 e. The van der Waals surface area contributed by atoms with Gasteiger partial charge in [-0.3, -0.25) is 10.7 Å². The molecule has 0 fully saturated rings. The Morgan fingerprint density at radius 1 is 1.32 bits per heavy atom. The molecule has 0 heterocycles. The number of carbonyl (C=O) groups is 2. The smallest absolute Gasteiger partial charge is 0.413 e. The highest BCUT2D eigenvalue weighted by Gasteiger charge is 2.12. The highest BCUT2D eigenvalue weighted by molar-refractivity contribution is 6.12. The van der Waals surface area contributed by atoms with Gasteiger partial charge in [-0.25, -0.2) is 14.6 Å². The van der Waals surface area contributed by atoms with Gasteiger partial charge in [0.2, 0.25) is 5.96 Å². The second-order valence-electron chi connectivity index (χ2n) is 3.51. The van der Waals surface area contributed by atoms with Crippen LogP contribution in [0.25, 0.3) is 0 Å². The number of guanidine groups is 1. The summed E-state index contributed by atoms with van der Waals surface area (Å²) in [5.74, 6) is -1.51. The van der Waals surface area contributed by atoms with Crippen molar-refractivity contribution in [1.82, 2.24) is 5.32 Å². The van der Waals surface area contributed by atoms with Crippen molar-refractivity contribution in [3.8, 4) is 0 Å². The zero-order chi connectivity index (χ0) is 14.4. The number of alkyl carbamates (subject to hydrolysis) is 1. The molecule has 0 aliphatic carbocycles. The normalized spacial score (nSPS) is 10.7. The highest BCUT2D eigenvalue weighted by Crippen LogP contribution is 2.10. The summed E-state index contributed by atoms with van der Waals surface area (Å²) in [7, 11) is 1.17. The summed E-state index contributed by atoms with van der Waals surface area (Å²) in [4.78, 5) is 25.7. The van der Waals surface area contributed by atoms with E-state index >= 15 is 0 Å². The van der Waals surface area contributed by atoms with Gasteiger partial charge in [0.15, 0.2) is 0 Å². The number of hydrogen-bond donors (Lipinski definition) is 3. The SMILES string of the molecule is COC(=O)NC(=N)N=C(C)c1ccccc1C(=O)O. The summed E-state index contributed by atoms with van der Waals surface area (Å²) < 4.78 is 4.32. The van der Waals surface area contributed by atoms with E-state index < -0.39 is 18.0 Å². The van der Waals surface area contributed by atoms with Crippen LogP contribution in [0.1, 0.15) is 22.8 Å². The van der Waals surface area contributed by atoms with E-state index in [0.717, 1.165) is 0 Å². The number of aliphatic imine (C=N–C) groups is 1. The maximum atomic E-state index is 11.0. The van der Waals surface area contributed by atoms with Crippen molar-refractivity contribution >= 4 is 23.7 Å². The molecule has 0 unspecified atom stereocenters. The molecule has 0 radical (unpaired) electrons. The molecule has 0 saturated heterocycles. The van der Waals surface area contributed by atoms with Gasteiger partial charge in [-0.15, -0.1) is 0 Å². The van der Waals surface area contributed by atoms with Crippen molar-refractivity contribution in [3.63, 3.8) is 0 Å². The van der Waals surface area contributed by atoms with E-state index in [9.17, 15) is 9.59 Å². The molecule has 1 rings (SSSR count). The third-order valence-corrected chi connectivity index (χ3v) is 2.23. The van der Waals surface area contributed by atoms with Crippen molar-refractivity contribution in [3.05, 3.63) is 35.4 Å². The fourth-order valence-electron chi connectivity index (χ4n) is 1.39. The lowest BCUT2D eigenvalue weighted by Gasteiger charge is -2.06. The van der Waals surface area contributed by atoms with Crippen molar-refractivity contribution in [2.24, 2.45) is 4.99 Å². The van der Waals surface area contributed by atoms with Gasteiger partial charge in [-0.05, 0) is 13.0 Å². The molecule has 0 aliphatic rings. The van der Waals surface area contributed by atoms with E-state index in [1.165, 1.54) is 13.2 Å². The van der Waals surface area contributed by atoms with Crippen LogP contribution in [0, 0.1) is 5.41 Å². The van der Waals surface area contributed by atoms with Gasteiger partial charge in [-0.2, -0.15) is 0 Å². The molecule has 0 bridgehead atoms. The first-order chi connectivity index (χ1) is 8.95. The molecule has 1 aromatic carbocycles. The van der Waals surface area contributed by atoms with E-state index in [1.807, 2.05) is 0 Å². The Kier molecular flexibility index (Phi) is 4.76. The lowest BCUT2D eigenvalue weighted by Crippen LogP contribution is -2.29. The molecule has 1 amide bonds. The average molecular weight is 263 g/mol. The van der Waals surface area contributed by atoms with Gasteiger partial charge in [0.1, 0.15) is 0 Å². The first-order valence-corrected chi connectivity index (χ1v) is 5.27. The summed E-state index contributed by atoms with van der Waals surface area (Å²) in [5.41, 5.74) is 0.764. The fourth-order valence-corrected chi connectivity index (χ4v) is 1.39. The quantitative estimate of drug-likeness (QED) is 0.554. The second-order valence-corrected chi connectivity index (χ2v) is 3.51. The Labute approximate surface area is 109 Å². The van der Waals surface area contributed by atoms with Gasteiger partial charge in [0.05, 0.1) is 12.7 Å². The monoisotopic (exact) mass is 263 g/mol. The molecule has 100 valence electrons. The molecule has 0 aromatic heterocycles. The predicted octanol–water partition coefficient (Wildman–Crippen LogP) is 1.48. The molecular weight excluding hydrogens is 250 g/mol. The Balaban J connectivity index is 3.00. The van der Waals surface area contributed by atoms with Gasteiger partial charge in [0, 0.05) is 11.3 Å². The van der Waals surface area contributed by atoms with E-state index in [4.69, 9.17) is 10.5 Å². The maximum absolute atomic E-state index is 11.0. The number of nitrogens with one attached hydrogen (secondary N) is 2. The molecule has 19 heavy (non-hydrogen) atoms. The number of nitrogens with zero attached hydrogens (tertiary/aromatic N) is 1. The molecule has 3 N–H and O–H groups in total. The first-order valence-electron chi connectivity index (χ1n) is 5.27. The minimum absolute atomic E-state index is 0.0784. The lowest BCUT2D eigenvalue weighted by molar-refractivity contribution is 0.0696. The standard InChI is InChI=1S/C12H13N3O4/c1-7(14-11(13)15-12(18)19-2)8-5-3-4-6-9(8)10(16)17/h3-6H,1-2H3,(H,16,17)(H2,13,15,18). The Morgan fingerprint density at radius 2 is 1.89 bits per heavy atom. The lowest BCUT2D eigenvalue weighted by atomic mass is 10.0. The number of benzene rings is 1. The summed E-state index contributed by atoms with van der Waals surface area (Å²) in [6.07, 6.45) is -0.812.